The summed E-state index contributed by atoms with van der Waals surface area (Å²) in [4.78, 5) is 17.5. The van der Waals surface area contributed by atoms with Gasteiger partial charge in [-0.05, 0) is 37.4 Å². The molecule has 0 aliphatic carbocycles. The number of thiophene rings is 1. The first-order valence-electron chi connectivity index (χ1n) is 6.41. The molecule has 0 unspecified atom stereocenters. The lowest BCUT2D eigenvalue weighted by Gasteiger charge is -2.05. The van der Waals surface area contributed by atoms with Crippen molar-refractivity contribution in [3.63, 3.8) is 0 Å². The number of aryl methyl sites for hydroxylation is 2. The van der Waals surface area contributed by atoms with Crippen molar-refractivity contribution < 1.29 is 4.79 Å². The van der Waals surface area contributed by atoms with Crippen LogP contribution in [0.1, 0.15) is 16.3 Å². The number of aromatic nitrogens is 2. The first kappa shape index (κ1) is 12.9. The van der Waals surface area contributed by atoms with Gasteiger partial charge in [-0.1, -0.05) is 6.07 Å². The summed E-state index contributed by atoms with van der Waals surface area (Å²) >= 11 is 1.59. The molecule has 3 aromatic heterocycles. The molecule has 0 spiro atoms. The second-order valence-corrected chi connectivity index (χ2v) is 5.77. The van der Waals surface area contributed by atoms with E-state index < -0.39 is 0 Å². The summed E-state index contributed by atoms with van der Waals surface area (Å²) < 4.78 is 2.00. The Morgan fingerprint density at radius 2 is 2.20 bits per heavy atom. The molecule has 0 aliphatic heterocycles. The summed E-state index contributed by atoms with van der Waals surface area (Å²) in [7, 11) is 0. The normalized spacial score (nSPS) is 10.9. The van der Waals surface area contributed by atoms with Gasteiger partial charge >= 0.3 is 0 Å². The highest BCUT2D eigenvalue weighted by molar-refractivity contribution is 7.10. The standard InChI is InChI=1S/C15H15N3OS/c1-10-11(2)18-9-12(5-6-14(18)16-10)17-15(19)8-13-4-3-7-20-13/h3-7,9H,8H2,1-2H3,(H,17,19). The van der Waals surface area contributed by atoms with Crippen LogP contribution in [0.4, 0.5) is 5.69 Å². The fourth-order valence-corrected chi connectivity index (χ4v) is 2.83. The van der Waals surface area contributed by atoms with Crippen LogP contribution in [0.3, 0.4) is 0 Å². The van der Waals surface area contributed by atoms with Crippen LogP contribution in [0.2, 0.25) is 0 Å². The second-order valence-electron chi connectivity index (χ2n) is 4.73. The van der Waals surface area contributed by atoms with E-state index in [2.05, 4.69) is 10.3 Å². The fraction of sp³-hybridized carbons (Fsp3) is 0.200. The SMILES string of the molecule is Cc1nc2ccc(NC(=O)Cc3cccs3)cn2c1C. The Balaban J connectivity index is 1.80. The Kier molecular flexibility index (Phi) is 3.28. The van der Waals surface area contributed by atoms with Crippen LogP contribution in [0, 0.1) is 13.8 Å². The van der Waals surface area contributed by atoms with Crippen molar-refractivity contribution in [2.75, 3.05) is 5.32 Å². The number of imidazole rings is 1. The first-order valence-corrected chi connectivity index (χ1v) is 7.29. The predicted molar refractivity (Wildman–Crippen MR) is 81.3 cm³/mol. The minimum absolute atomic E-state index is 0.00119. The van der Waals surface area contributed by atoms with Crippen molar-refractivity contribution in [1.29, 1.82) is 0 Å². The first-order chi connectivity index (χ1) is 9.63. The van der Waals surface area contributed by atoms with Crippen LogP contribution in [-0.2, 0) is 11.2 Å². The molecule has 3 heterocycles. The maximum absolute atomic E-state index is 12.0. The Bertz CT molecular complexity index is 759. The Morgan fingerprint density at radius 1 is 1.35 bits per heavy atom. The largest absolute Gasteiger partial charge is 0.324 e. The summed E-state index contributed by atoms with van der Waals surface area (Å²) in [5.74, 6) is 0.00119. The van der Waals surface area contributed by atoms with E-state index in [4.69, 9.17) is 0 Å². The molecule has 20 heavy (non-hydrogen) atoms. The van der Waals surface area contributed by atoms with Crippen LogP contribution in [0.25, 0.3) is 5.65 Å². The number of hydrogen-bond acceptors (Lipinski definition) is 3. The minimum Gasteiger partial charge on any atom is -0.324 e. The molecule has 102 valence electrons. The topological polar surface area (TPSA) is 46.4 Å². The number of carbonyl (C=O) groups is 1. The van der Waals surface area contributed by atoms with E-state index in [1.807, 2.05) is 54.1 Å². The van der Waals surface area contributed by atoms with Gasteiger partial charge in [0.05, 0.1) is 17.8 Å². The lowest BCUT2D eigenvalue weighted by atomic mass is 10.3. The molecule has 0 saturated carbocycles. The lowest BCUT2D eigenvalue weighted by Crippen LogP contribution is -2.14. The molecule has 0 radical (unpaired) electrons. The number of nitrogens with one attached hydrogen (secondary N) is 1. The highest BCUT2D eigenvalue weighted by Gasteiger charge is 2.08. The average molecular weight is 285 g/mol. The van der Waals surface area contributed by atoms with Crippen LogP contribution in [0.5, 0.6) is 0 Å². The maximum Gasteiger partial charge on any atom is 0.229 e. The van der Waals surface area contributed by atoms with Gasteiger partial charge in [0.1, 0.15) is 5.65 Å². The zero-order valence-electron chi connectivity index (χ0n) is 11.4. The second kappa shape index (κ2) is 5.09. The molecule has 1 amide bonds. The number of fused-ring (bicyclic) bond motifs is 1. The third kappa shape index (κ3) is 2.44. The number of hydrogen-bond donors (Lipinski definition) is 1. The van der Waals surface area contributed by atoms with Gasteiger partial charge in [0, 0.05) is 16.8 Å². The monoisotopic (exact) mass is 285 g/mol. The third-order valence-corrected chi connectivity index (χ3v) is 4.17. The van der Waals surface area contributed by atoms with Crippen molar-refractivity contribution in [3.8, 4) is 0 Å². The zero-order valence-corrected chi connectivity index (χ0v) is 12.2. The summed E-state index contributed by atoms with van der Waals surface area (Å²) in [6.07, 6.45) is 2.33. The molecule has 0 aliphatic rings. The molecule has 5 heteroatoms. The van der Waals surface area contributed by atoms with Crippen LogP contribution in [0.15, 0.2) is 35.8 Å². The molecule has 3 rings (SSSR count). The average Bonchev–Trinajstić information content (AvgIpc) is 3.00. The summed E-state index contributed by atoms with van der Waals surface area (Å²) in [6.45, 7) is 4.00. The molecule has 0 fully saturated rings. The summed E-state index contributed by atoms with van der Waals surface area (Å²) in [5, 5.41) is 4.91. The molecule has 3 aromatic rings. The molecule has 0 saturated heterocycles. The number of pyridine rings is 1. The van der Waals surface area contributed by atoms with Gasteiger partial charge in [0.15, 0.2) is 0 Å². The van der Waals surface area contributed by atoms with Gasteiger partial charge in [-0.2, -0.15) is 0 Å². The van der Waals surface area contributed by atoms with E-state index >= 15 is 0 Å². The predicted octanol–water partition coefficient (Wildman–Crippen LogP) is 3.19. The van der Waals surface area contributed by atoms with Crippen molar-refractivity contribution in [2.24, 2.45) is 0 Å². The van der Waals surface area contributed by atoms with Crippen molar-refractivity contribution in [3.05, 3.63) is 52.1 Å². The van der Waals surface area contributed by atoms with Crippen LogP contribution < -0.4 is 5.32 Å². The quantitative estimate of drug-likeness (QED) is 0.803. The highest BCUT2D eigenvalue weighted by atomic mass is 32.1. The van der Waals surface area contributed by atoms with Gasteiger partial charge in [-0.15, -0.1) is 11.3 Å². The van der Waals surface area contributed by atoms with E-state index in [0.29, 0.717) is 6.42 Å². The molecule has 4 nitrogen and oxygen atoms in total. The maximum atomic E-state index is 12.0. The van der Waals surface area contributed by atoms with E-state index in [1.54, 1.807) is 11.3 Å². The zero-order chi connectivity index (χ0) is 14.1. The summed E-state index contributed by atoms with van der Waals surface area (Å²) in [6, 6.07) is 7.72. The van der Waals surface area contributed by atoms with Gasteiger partial charge in [-0.3, -0.25) is 4.79 Å². The van der Waals surface area contributed by atoms with E-state index in [1.165, 1.54) is 0 Å². The number of carbonyl (C=O) groups excluding carboxylic acids is 1. The van der Waals surface area contributed by atoms with Gasteiger partial charge in [0.25, 0.3) is 0 Å². The summed E-state index contributed by atoms with van der Waals surface area (Å²) in [5.41, 5.74) is 3.79. The van der Waals surface area contributed by atoms with Crippen LogP contribution >= 0.6 is 11.3 Å². The number of anilines is 1. The number of rotatable bonds is 3. The highest BCUT2D eigenvalue weighted by Crippen LogP contribution is 2.16. The lowest BCUT2D eigenvalue weighted by molar-refractivity contribution is -0.115. The van der Waals surface area contributed by atoms with Crippen molar-refractivity contribution in [2.45, 2.75) is 20.3 Å². The van der Waals surface area contributed by atoms with Gasteiger partial charge in [0.2, 0.25) is 5.91 Å². The van der Waals surface area contributed by atoms with Crippen molar-refractivity contribution in [1.82, 2.24) is 9.38 Å². The van der Waals surface area contributed by atoms with Crippen molar-refractivity contribution >= 4 is 28.6 Å². The van der Waals surface area contributed by atoms with Gasteiger partial charge in [-0.25, -0.2) is 4.98 Å². The van der Waals surface area contributed by atoms with E-state index in [0.717, 1.165) is 27.6 Å². The Labute approximate surface area is 121 Å². The molecule has 0 atom stereocenters. The molecular formula is C15H15N3OS. The fourth-order valence-electron chi connectivity index (χ4n) is 2.13. The Hall–Kier alpha value is -2.14. The third-order valence-electron chi connectivity index (χ3n) is 3.29. The molecule has 0 aromatic carbocycles. The van der Waals surface area contributed by atoms with E-state index in [-0.39, 0.29) is 5.91 Å². The minimum atomic E-state index is 0.00119. The van der Waals surface area contributed by atoms with Gasteiger partial charge < -0.3 is 9.72 Å². The van der Waals surface area contributed by atoms with Crippen LogP contribution in [-0.4, -0.2) is 15.3 Å². The Morgan fingerprint density at radius 3 is 2.95 bits per heavy atom. The van der Waals surface area contributed by atoms with E-state index in [9.17, 15) is 4.79 Å². The molecule has 1 N–H and O–H groups in total. The molecule has 0 bridgehead atoms. The molecular weight excluding hydrogens is 270 g/mol. The number of nitrogens with zero attached hydrogens (tertiary/aromatic N) is 2. The number of amides is 1. The smallest absolute Gasteiger partial charge is 0.229 e.